The van der Waals surface area contributed by atoms with Gasteiger partial charge in [0, 0.05) is 44.6 Å². The lowest BCUT2D eigenvalue weighted by molar-refractivity contribution is 0.495. The molecule has 0 amide bonds. The lowest BCUT2D eigenvalue weighted by Crippen LogP contribution is -2.37. The lowest BCUT2D eigenvalue weighted by Gasteiger charge is -2.13. The SMILES string of the molecule is CN(C)S(=O)(=O)NCCn1nc(-c2cnccn2)cc1C1CC1. The third kappa shape index (κ3) is 3.74. The predicted molar refractivity (Wildman–Crippen MR) is 85.8 cm³/mol. The second-order valence-corrected chi connectivity index (χ2v) is 7.69. The zero-order chi connectivity index (χ0) is 16.4. The second-order valence-electron chi connectivity index (χ2n) is 5.72. The van der Waals surface area contributed by atoms with Gasteiger partial charge in [0.1, 0.15) is 11.4 Å². The van der Waals surface area contributed by atoms with Crippen LogP contribution in [0.25, 0.3) is 11.4 Å². The topological polar surface area (TPSA) is 93.0 Å². The molecule has 1 aliphatic rings. The molecule has 2 aromatic rings. The van der Waals surface area contributed by atoms with E-state index < -0.39 is 10.2 Å². The van der Waals surface area contributed by atoms with Gasteiger partial charge in [-0.15, -0.1) is 0 Å². The first-order valence-electron chi connectivity index (χ1n) is 7.48. The highest BCUT2D eigenvalue weighted by Crippen LogP contribution is 2.41. The van der Waals surface area contributed by atoms with E-state index in [-0.39, 0.29) is 0 Å². The molecule has 0 radical (unpaired) electrons. The average Bonchev–Trinajstić information content (AvgIpc) is 3.28. The summed E-state index contributed by atoms with van der Waals surface area (Å²) in [5.74, 6) is 0.512. The van der Waals surface area contributed by atoms with Gasteiger partial charge in [-0.1, -0.05) is 0 Å². The van der Waals surface area contributed by atoms with E-state index in [0.717, 1.165) is 34.2 Å². The first kappa shape index (κ1) is 16.0. The number of rotatable bonds is 7. The van der Waals surface area contributed by atoms with Crippen LogP contribution in [0.3, 0.4) is 0 Å². The van der Waals surface area contributed by atoms with Gasteiger partial charge in [0.25, 0.3) is 10.2 Å². The molecular weight excluding hydrogens is 316 g/mol. The fourth-order valence-corrected chi connectivity index (χ4v) is 2.89. The van der Waals surface area contributed by atoms with E-state index >= 15 is 0 Å². The molecule has 0 aromatic carbocycles. The molecule has 1 aliphatic carbocycles. The third-order valence-corrected chi connectivity index (χ3v) is 5.25. The van der Waals surface area contributed by atoms with E-state index in [1.807, 2.05) is 10.7 Å². The van der Waals surface area contributed by atoms with Crippen molar-refractivity contribution in [1.29, 1.82) is 0 Å². The van der Waals surface area contributed by atoms with Crippen LogP contribution in [-0.4, -0.2) is 53.1 Å². The molecular formula is C14H20N6O2S. The highest BCUT2D eigenvalue weighted by Gasteiger charge is 2.28. The molecule has 0 saturated heterocycles. The van der Waals surface area contributed by atoms with Crippen LogP contribution in [0.2, 0.25) is 0 Å². The van der Waals surface area contributed by atoms with Crippen LogP contribution < -0.4 is 4.72 Å². The van der Waals surface area contributed by atoms with Gasteiger partial charge in [-0.2, -0.15) is 17.8 Å². The summed E-state index contributed by atoms with van der Waals surface area (Å²) in [6.45, 7) is 0.779. The molecule has 0 bridgehead atoms. The summed E-state index contributed by atoms with van der Waals surface area (Å²) in [7, 11) is -0.415. The Kier molecular flexibility index (Phi) is 4.42. The fraction of sp³-hybridized carbons (Fsp3) is 0.500. The van der Waals surface area contributed by atoms with Gasteiger partial charge in [0.15, 0.2) is 0 Å². The minimum atomic E-state index is -3.41. The van der Waals surface area contributed by atoms with Crippen molar-refractivity contribution in [2.75, 3.05) is 20.6 Å². The van der Waals surface area contributed by atoms with Crippen molar-refractivity contribution >= 4 is 10.2 Å². The number of nitrogens with zero attached hydrogens (tertiary/aromatic N) is 5. The second kappa shape index (κ2) is 6.34. The van der Waals surface area contributed by atoms with Crippen LogP contribution in [-0.2, 0) is 16.8 Å². The van der Waals surface area contributed by atoms with E-state index in [1.54, 1.807) is 18.6 Å². The minimum absolute atomic E-state index is 0.293. The molecule has 0 aliphatic heterocycles. The van der Waals surface area contributed by atoms with Crippen molar-refractivity contribution in [3.8, 4) is 11.4 Å². The maximum Gasteiger partial charge on any atom is 0.278 e. The summed E-state index contributed by atoms with van der Waals surface area (Å²) >= 11 is 0. The molecule has 9 heteroatoms. The predicted octanol–water partition coefficient (Wildman–Crippen LogP) is 0.614. The molecule has 23 heavy (non-hydrogen) atoms. The van der Waals surface area contributed by atoms with E-state index in [1.165, 1.54) is 14.1 Å². The Bertz CT molecular complexity index is 768. The Hall–Kier alpha value is -1.84. The molecule has 1 fully saturated rings. The van der Waals surface area contributed by atoms with E-state index in [9.17, 15) is 8.42 Å². The van der Waals surface area contributed by atoms with Gasteiger partial charge >= 0.3 is 0 Å². The van der Waals surface area contributed by atoms with E-state index in [0.29, 0.717) is 19.0 Å². The molecule has 0 spiro atoms. The average molecular weight is 336 g/mol. The van der Waals surface area contributed by atoms with Crippen LogP contribution in [0.15, 0.2) is 24.7 Å². The smallest absolute Gasteiger partial charge is 0.267 e. The Morgan fingerprint density at radius 2 is 2.09 bits per heavy atom. The number of aromatic nitrogens is 4. The number of hydrogen-bond acceptors (Lipinski definition) is 5. The van der Waals surface area contributed by atoms with Gasteiger partial charge in [0.05, 0.1) is 12.7 Å². The van der Waals surface area contributed by atoms with Crippen molar-refractivity contribution in [2.45, 2.75) is 25.3 Å². The maximum atomic E-state index is 11.7. The van der Waals surface area contributed by atoms with Crippen molar-refractivity contribution in [3.05, 3.63) is 30.4 Å². The summed E-state index contributed by atoms with van der Waals surface area (Å²) in [4.78, 5) is 8.33. The zero-order valence-electron chi connectivity index (χ0n) is 13.2. The highest BCUT2D eigenvalue weighted by molar-refractivity contribution is 7.87. The Balaban J connectivity index is 1.75. The Morgan fingerprint density at radius 3 is 2.70 bits per heavy atom. The maximum absolute atomic E-state index is 11.7. The summed E-state index contributed by atoms with van der Waals surface area (Å²) in [5.41, 5.74) is 2.63. The Morgan fingerprint density at radius 1 is 1.30 bits per heavy atom. The first-order valence-corrected chi connectivity index (χ1v) is 8.92. The van der Waals surface area contributed by atoms with Crippen LogP contribution in [0.5, 0.6) is 0 Å². The molecule has 0 atom stereocenters. The van der Waals surface area contributed by atoms with Crippen molar-refractivity contribution in [3.63, 3.8) is 0 Å². The summed E-state index contributed by atoms with van der Waals surface area (Å²) in [6, 6.07) is 2.03. The largest absolute Gasteiger partial charge is 0.278 e. The van der Waals surface area contributed by atoms with Gasteiger partial charge in [-0.05, 0) is 18.9 Å². The van der Waals surface area contributed by atoms with Crippen LogP contribution >= 0.6 is 0 Å². The monoisotopic (exact) mass is 336 g/mol. The molecule has 0 unspecified atom stereocenters. The molecule has 3 rings (SSSR count). The van der Waals surface area contributed by atoms with Crippen LogP contribution in [0.1, 0.15) is 24.5 Å². The summed E-state index contributed by atoms with van der Waals surface area (Å²) in [5, 5.41) is 4.57. The van der Waals surface area contributed by atoms with Crippen LogP contribution in [0.4, 0.5) is 0 Å². The molecule has 1 N–H and O–H groups in total. The highest BCUT2D eigenvalue weighted by atomic mass is 32.2. The molecule has 1 saturated carbocycles. The van der Waals surface area contributed by atoms with E-state index in [4.69, 9.17) is 0 Å². The van der Waals surface area contributed by atoms with Gasteiger partial charge in [-0.25, -0.2) is 4.72 Å². The van der Waals surface area contributed by atoms with Crippen molar-refractivity contribution < 1.29 is 8.42 Å². The van der Waals surface area contributed by atoms with Gasteiger partial charge in [0.2, 0.25) is 0 Å². The van der Waals surface area contributed by atoms with E-state index in [2.05, 4.69) is 19.8 Å². The zero-order valence-corrected chi connectivity index (χ0v) is 14.0. The number of nitrogens with one attached hydrogen (secondary N) is 1. The third-order valence-electron chi connectivity index (χ3n) is 3.72. The Labute approximate surface area is 135 Å². The van der Waals surface area contributed by atoms with Crippen LogP contribution in [0, 0.1) is 0 Å². The summed E-state index contributed by atoms with van der Waals surface area (Å²) < 4.78 is 29.1. The van der Waals surface area contributed by atoms with Gasteiger partial charge < -0.3 is 0 Å². The number of hydrogen-bond donors (Lipinski definition) is 1. The molecule has 124 valence electrons. The van der Waals surface area contributed by atoms with Gasteiger partial charge in [-0.3, -0.25) is 14.6 Å². The fourth-order valence-electron chi connectivity index (χ4n) is 2.28. The molecule has 2 heterocycles. The minimum Gasteiger partial charge on any atom is -0.267 e. The molecule has 8 nitrogen and oxygen atoms in total. The molecule has 2 aromatic heterocycles. The van der Waals surface area contributed by atoms with Crippen molar-refractivity contribution in [1.82, 2.24) is 28.8 Å². The van der Waals surface area contributed by atoms with Crippen molar-refractivity contribution in [2.24, 2.45) is 0 Å². The standard InChI is InChI=1S/C14H20N6O2S/c1-19(2)23(21,22)17-7-8-20-14(11-3-4-11)9-12(18-20)13-10-15-5-6-16-13/h5-6,9-11,17H,3-4,7-8H2,1-2H3. The lowest BCUT2D eigenvalue weighted by atomic mass is 10.2. The quantitative estimate of drug-likeness (QED) is 0.800. The first-order chi connectivity index (χ1) is 11.0. The normalized spacial score (nSPS) is 15.3. The summed E-state index contributed by atoms with van der Waals surface area (Å²) in [6.07, 6.45) is 7.23.